The Morgan fingerprint density at radius 2 is 1.63 bits per heavy atom. The van der Waals surface area contributed by atoms with Crippen LogP contribution in [0, 0.1) is 5.82 Å². The molecule has 5 nitrogen and oxygen atoms in total. The Labute approximate surface area is 159 Å². The van der Waals surface area contributed by atoms with Crippen LogP contribution in [0.4, 0.5) is 4.39 Å². The number of aromatic nitrogens is 4. The van der Waals surface area contributed by atoms with E-state index in [2.05, 4.69) is 15.3 Å². The molecule has 0 atom stereocenters. The van der Waals surface area contributed by atoms with Gasteiger partial charge in [0.1, 0.15) is 17.2 Å². The average Bonchev–Trinajstić information content (AvgIpc) is 3.14. The minimum atomic E-state index is -0.409. The summed E-state index contributed by atoms with van der Waals surface area (Å²) in [6, 6.07) is 16.1. The fourth-order valence-corrected chi connectivity index (χ4v) is 2.96. The molecular weight excluding hydrogens is 367 g/mol. The van der Waals surface area contributed by atoms with Gasteiger partial charge in [0.05, 0.1) is 10.6 Å². The van der Waals surface area contributed by atoms with Crippen LogP contribution in [0.2, 0.25) is 5.02 Å². The van der Waals surface area contributed by atoms with Gasteiger partial charge in [0.15, 0.2) is 0 Å². The minimum absolute atomic E-state index is 0.310. The largest absolute Gasteiger partial charge is 0.281 e. The van der Waals surface area contributed by atoms with Crippen molar-refractivity contribution in [1.29, 1.82) is 0 Å². The van der Waals surface area contributed by atoms with Crippen molar-refractivity contribution in [2.45, 2.75) is 0 Å². The maximum atomic E-state index is 13.3. The summed E-state index contributed by atoms with van der Waals surface area (Å²) in [4.78, 5) is 17.1. The van der Waals surface area contributed by atoms with Crippen molar-refractivity contribution < 1.29 is 9.18 Å². The minimum Gasteiger partial charge on any atom is -0.267 e. The van der Waals surface area contributed by atoms with Crippen molar-refractivity contribution >= 4 is 17.5 Å². The topological polar surface area (TPSA) is 60.7 Å². The van der Waals surface area contributed by atoms with Gasteiger partial charge in [-0.25, -0.2) is 4.39 Å². The quantitative estimate of drug-likeness (QED) is 0.527. The average molecular weight is 379 g/mol. The molecule has 132 valence electrons. The zero-order valence-corrected chi connectivity index (χ0v) is 14.6. The highest BCUT2D eigenvalue weighted by atomic mass is 35.5. The van der Waals surface area contributed by atoms with Crippen LogP contribution in [0.3, 0.4) is 0 Å². The molecule has 0 N–H and O–H groups in total. The second-order valence-electron chi connectivity index (χ2n) is 5.73. The first kappa shape index (κ1) is 17.1. The van der Waals surface area contributed by atoms with Gasteiger partial charge in [0.25, 0.3) is 5.91 Å². The summed E-state index contributed by atoms with van der Waals surface area (Å²) in [6.07, 6.45) is 3.22. The molecule has 0 unspecified atom stereocenters. The number of rotatable bonds is 3. The van der Waals surface area contributed by atoms with Gasteiger partial charge < -0.3 is 0 Å². The fraction of sp³-hybridized carbons (Fsp3) is 0. The van der Waals surface area contributed by atoms with Gasteiger partial charge in [-0.05, 0) is 48.5 Å². The smallest absolute Gasteiger partial charge is 0.267 e. The molecule has 7 heteroatoms. The maximum absolute atomic E-state index is 13.3. The number of halogens is 2. The molecule has 0 aliphatic carbocycles. The first-order chi connectivity index (χ1) is 13.1. The molecule has 2 aromatic heterocycles. The van der Waals surface area contributed by atoms with Crippen molar-refractivity contribution in [2.75, 3.05) is 0 Å². The Hall–Kier alpha value is -3.38. The lowest BCUT2D eigenvalue weighted by Crippen LogP contribution is -2.15. The molecular formula is C20H12ClFN4O. The molecule has 2 heterocycles. The lowest BCUT2D eigenvalue weighted by Gasteiger charge is -2.08. The number of carbonyl (C=O) groups excluding carboxylic acids is 1. The van der Waals surface area contributed by atoms with Crippen molar-refractivity contribution in [3.8, 4) is 22.5 Å². The third kappa shape index (κ3) is 3.22. The number of hydrogen-bond donors (Lipinski definition) is 0. The molecule has 0 spiro atoms. The summed E-state index contributed by atoms with van der Waals surface area (Å²) in [5, 5.41) is 8.55. The fourth-order valence-electron chi connectivity index (χ4n) is 2.74. The van der Waals surface area contributed by atoms with Crippen molar-refractivity contribution in [2.24, 2.45) is 0 Å². The Kier molecular flexibility index (Phi) is 4.48. The third-order valence-corrected chi connectivity index (χ3v) is 4.37. The van der Waals surface area contributed by atoms with E-state index in [0.29, 0.717) is 33.1 Å². The van der Waals surface area contributed by atoms with Crippen LogP contribution in [0.5, 0.6) is 0 Å². The predicted molar refractivity (Wildman–Crippen MR) is 99.8 cm³/mol. The van der Waals surface area contributed by atoms with E-state index in [9.17, 15) is 9.18 Å². The first-order valence-electron chi connectivity index (χ1n) is 8.06. The Balaban J connectivity index is 1.92. The Morgan fingerprint density at radius 3 is 2.33 bits per heavy atom. The molecule has 0 radical (unpaired) electrons. The number of pyridine rings is 1. The molecule has 0 fully saturated rings. The summed E-state index contributed by atoms with van der Waals surface area (Å²) in [5.41, 5.74) is 2.59. The molecule has 4 rings (SSSR count). The van der Waals surface area contributed by atoms with E-state index in [1.165, 1.54) is 16.8 Å². The monoisotopic (exact) mass is 378 g/mol. The molecule has 27 heavy (non-hydrogen) atoms. The van der Waals surface area contributed by atoms with E-state index in [0.717, 1.165) is 0 Å². The predicted octanol–water partition coefficient (Wildman–Crippen LogP) is 4.49. The van der Waals surface area contributed by atoms with Gasteiger partial charge in [-0.2, -0.15) is 4.68 Å². The van der Waals surface area contributed by atoms with Gasteiger partial charge in [-0.1, -0.05) is 28.9 Å². The lowest BCUT2D eigenvalue weighted by molar-refractivity contribution is 0.0945. The van der Waals surface area contributed by atoms with Gasteiger partial charge >= 0.3 is 0 Å². The van der Waals surface area contributed by atoms with Gasteiger partial charge in [-0.15, -0.1) is 5.10 Å². The normalized spacial score (nSPS) is 10.7. The Morgan fingerprint density at radius 1 is 0.926 bits per heavy atom. The van der Waals surface area contributed by atoms with Crippen LogP contribution < -0.4 is 0 Å². The van der Waals surface area contributed by atoms with Crippen molar-refractivity contribution in [1.82, 2.24) is 20.0 Å². The number of benzene rings is 2. The van der Waals surface area contributed by atoms with Crippen molar-refractivity contribution in [3.05, 3.63) is 89.5 Å². The van der Waals surface area contributed by atoms with Crippen LogP contribution in [0.1, 0.15) is 10.4 Å². The second-order valence-corrected chi connectivity index (χ2v) is 6.13. The molecule has 0 amide bonds. The van der Waals surface area contributed by atoms with Gasteiger partial charge in [0, 0.05) is 23.5 Å². The third-order valence-electron chi connectivity index (χ3n) is 4.04. The van der Waals surface area contributed by atoms with E-state index in [1.807, 2.05) is 0 Å². The van der Waals surface area contributed by atoms with E-state index in [-0.39, 0.29) is 5.82 Å². The van der Waals surface area contributed by atoms with E-state index >= 15 is 0 Å². The summed E-state index contributed by atoms with van der Waals surface area (Å²) < 4.78 is 14.5. The molecule has 0 saturated carbocycles. The highest BCUT2D eigenvalue weighted by molar-refractivity contribution is 6.34. The van der Waals surface area contributed by atoms with E-state index in [4.69, 9.17) is 11.6 Å². The zero-order valence-electron chi connectivity index (χ0n) is 13.9. The summed E-state index contributed by atoms with van der Waals surface area (Å²) in [5.74, 6) is -0.767. The van der Waals surface area contributed by atoms with E-state index in [1.54, 1.807) is 60.9 Å². The number of nitrogens with zero attached hydrogens (tertiary/aromatic N) is 4. The molecule has 2 aromatic carbocycles. The first-order valence-corrected chi connectivity index (χ1v) is 8.44. The lowest BCUT2D eigenvalue weighted by atomic mass is 10.1. The SMILES string of the molecule is O=C(c1ccccc1Cl)n1nnc(-c2ccc(F)cc2)c1-c1ccncc1. The highest BCUT2D eigenvalue weighted by Gasteiger charge is 2.23. The standard InChI is InChI=1S/C20H12ClFN4O/c21-17-4-2-1-3-16(17)20(27)26-19(14-9-11-23-12-10-14)18(24-25-26)13-5-7-15(22)8-6-13/h1-12H. The van der Waals surface area contributed by atoms with Crippen LogP contribution in [-0.2, 0) is 0 Å². The molecule has 0 bridgehead atoms. The van der Waals surface area contributed by atoms with E-state index < -0.39 is 5.91 Å². The maximum Gasteiger partial charge on any atom is 0.281 e. The summed E-state index contributed by atoms with van der Waals surface area (Å²) >= 11 is 6.17. The van der Waals surface area contributed by atoms with Crippen molar-refractivity contribution in [3.63, 3.8) is 0 Å². The van der Waals surface area contributed by atoms with Crippen LogP contribution in [0.15, 0.2) is 73.1 Å². The zero-order chi connectivity index (χ0) is 18.8. The van der Waals surface area contributed by atoms with Gasteiger partial charge in [0.2, 0.25) is 0 Å². The highest BCUT2D eigenvalue weighted by Crippen LogP contribution is 2.31. The summed E-state index contributed by atoms with van der Waals surface area (Å²) in [7, 11) is 0. The molecule has 0 saturated heterocycles. The number of carbonyl (C=O) groups is 1. The van der Waals surface area contributed by atoms with Crippen LogP contribution in [-0.4, -0.2) is 25.9 Å². The number of hydrogen-bond acceptors (Lipinski definition) is 4. The van der Waals surface area contributed by atoms with Crippen LogP contribution in [0.25, 0.3) is 22.5 Å². The van der Waals surface area contributed by atoms with Crippen LogP contribution >= 0.6 is 11.6 Å². The second kappa shape index (κ2) is 7.09. The van der Waals surface area contributed by atoms with Gasteiger partial charge in [-0.3, -0.25) is 9.78 Å². The molecule has 0 aliphatic rings. The molecule has 0 aliphatic heterocycles. The summed E-state index contributed by atoms with van der Waals surface area (Å²) in [6.45, 7) is 0. The molecule has 4 aromatic rings. The Bertz CT molecular complexity index is 1110.